The van der Waals surface area contributed by atoms with Crippen molar-refractivity contribution in [2.24, 2.45) is 0 Å². The number of fused-ring (bicyclic) bond motifs is 1. The summed E-state index contributed by atoms with van der Waals surface area (Å²) in [4.78, 5) is 11.8. The molecule has 0 radical (unpaired) electrons. The summed E-state index contributed by atoms with van der Waals surface area (Å²) in [6.45, 7) is 8.10. The molecule has 0 saturated heterocycles. The molecule has 1 heterocycles. The van der Waals surface area contributed by atoms with Crippen LogP contribution in [0, 0.1) is 13.8 Å². The van der Waals surface area contributed by atoms with Crippen LogP contribution in [0.2, 0.25) is 0 Å². The standard InChI is InChI=1S/C20H28O4/c1-6-7-8-9-11-20(4)12-10-15-16(19(21)22)18(23-5)14(3)13(2)17(15)24-20/h10,12H,6-9,11H2,1-5H3,(H,21,22). The molecule has 1 aromatic carbocycles. The first kappa shape index (κ1) is 18.4. The lowest BCUT2D eigenvalue weighted by Gasteiger charge is -2.34. The van der Waals surface area contributed by atoms with E-state index in [2.05, 4.69) is 13.8 Å². The van der Waals surface area contributed by atoms with Gasteiger partial charge in [-0.15, -0.1) is 0 Å². The lowest BCUT2D eigenvalue weighted by Crippen LogP contribution is -2.33. The summed E-state index contributed by atoms with van der Waals surface area (Å²) in [6, 6.07) is 0. The van der Waals surface area contributed by atoms with Gasteiger partial charge in [0.25, 0.3) is 0 Å². The summed E-state index contributed by atoms with van der Waals surface area (Å²) in [5, 5.41) is 9.63. The minimum Gasteiger partial charge on any atom is -0.496 e. The van der Waals surface area contributed by atoms with Gasteiger partial charge in [-0.05, 0) is 50.8 Å². The largest absolute Gasteiger partial charge is 0.496 e. The van der Waals surface area contributed by atoms with E-state index in [1.54, 1.807) is 0 Å². The minimum absolute atomic E-state index is 0.180. The number of hydrogen-bond donors (Lipinski definition) is 1. The minimum atomic E-state index is -0.994. The summed E-state index contributed by atoms with van der Waals surface area (Å²) in [7, 11) is 1.51. The first-order chi connectivity index (χ1) is 11.3. The van der Waals surface area contributed by atoms with Crippen LogP contribution in [-0.4, -0.2) is 23.8 Å². The molecule has 1 unspecified atom stereocenters. The van der Waals surface area contributed by atoms with Gasteiger partial charge in [0.05, 0.1) is 7.11 Å². The van der Waals surface area contributed by atoms with Gasteiger partial charge in [-0.25, -0.2) is 4.79 Å². The molecule has 132 valence electrons. The SMILES string of the molecule is CCCCCCC1(C)C=Cc2c(c(C)c(C)c(OC)c2C(=O)O)O1. The third kappa shape index (κ3) is 3.42. The topological polar surface area (TPSA) is 55.8 Å². The summed E-state index contributed by atoms with van der Waals surface area (Å²) < 4.78 is 11.7. The van der Waals surface area contributed by atoms with E-state index in [4.69, 9.17) is 9.47 Å². The number of carboxylic acids is 1. The van der Waals surface area contributed by atoms with Crippen molar-refractivity contribution >= 4 is 12.0 Å². The number of carboxylic acid groups (broad SMARTS) is 1. The van der Waals surface area contributed by atoms with E-state index in [1.807, 2.05) is 26.0 Å². The van der Waals surface area contributed by atoms with E-state index in [1.165, 1.54) is 26.4 Å². The molecule has 2 rings (SSSR count). The first-order valence-corrected chi connectivity index (χ1v) is 8.67. The molecule has 1 atom stereocenters. The Kier molecular flexibility index (Phi) is 5.58. The third-order valence-electron chi connectivity index (χ3n) is 4.87. The van der Waals surface area contributed by atoms with Crippen molar-refractivity contribution in [3.05, 3.63) is 28.3 Å². The molecule has 4 heteroatoms. The monoisotopic (exact) mass is 332 g/mol. The molecule has 4 nitrogen and oxygen atoms in total. The van der Waals surface area contributed by atoms with Crippen LogP contribution < -0.4 is 9.47 Å². The van der Waals surface area contributed by atoms with Crippen LogP contribution in [-0.2, 0) is 0 Å². The van der Waals surface area contributed by atoms with Crippen molar-refractivity contribution in [3.8, 4) is 11.5 Å². The third-order valence-corrected chi connectivity index (χ3v) is 4.87. The molecule has 0 amide bonds. The zero-order chi connectivity index (χ0) is 17.9. The maximum Gasteiger partial charge on any atom is 0.340 e. The van der Waals surface area contributed by atoms with Gasteiger partial charge in [-0.3, -0.25) is 0 Å². The second-order valence-electron chi connectivity index (χ2n) is 6.76. The predicted molar refractivity (Wildman–Crippen MR) is 96.3 cm³/mol. The lowest BCUT2D eigenvalue weighted by molar-refractivity contribution is 0.0689. The number of benzene rings is 1. The number of aromatic carboxylic acids is 1. The fraction of sp³-hybridized carbons (Fsp3) is 0.550. The Labute approximate surface area is 144 Å². The highest BCUT2D eigenvalue weighted by Crippen LogP contribution is 2.44. The zero-order valence-electron chi connectivity index (χ0n) is 15.4. The molecule has 1 aliphatic rings. The summed E-state index contributed by atoms with van der Waals surface area (Å²) >= 11 is 0. The van der Waals surface area contributed by atoms with Crippen LogP contribution in [0.15, 0.2) is 6.08 Å². The molecule has 1 aliphatic heterocycles. The average molecular weight is 332 g/mol. The highest BCUT2D eigenvalue weighted by Gasteiger charge is 2.33. The van der Waals surface area contributed by atoms with Crippen molar-refractivity contribution in [2.75, 3.05) is 7.11 Å². The van der Waals surface area contributed by atoms with E-state index >= 15 is 0 Å². The highest BCUT2D eigenvalue weighted by atomic mass is 16.5. The Balaban J connectivity index is 2.41. The Bertz CT molecular complexity index is 660. The van der Waals surface area contributed by atoms with E-state index in [0.717, 1.165) is 24.0 Å². The van der Waals surface area contributed by atoms with Gasteiger partial charge >= 0.3 is 5.97 Å². The quantitative estimate of drug-likeness (QED) is 0.702. The zero-order valence-corrected chi connectivity index (χ0v) is 15.4. The molecule has 0 fully saturated rings. The maximum absolute atomic E-state index is 11.8. The molecule has 0 aliphatic carbocycles. The van der Waals surface area contributed by atoms with Gasteiger partial charge in [0.1, 0.15) is 22.7 Å². The maximum atomic E-state index is 11.8. The van der Waals surface area contributed by atoms with Crippen LogP contribution in [0.3, 0.4) is 0 Å². The number of hydrogen-bond acceptors (Lipinski definition) is 3. The predicted octanol–water partition coefficient (Wildman–Crippen LogP) is 5.14. The van der Waals surface area contributed by atoms with Crippen LogP contribution in [0.4, 0.5) is 0 Å². The number of carbonyl (C=O) groups is 1. The van der Waals surface area contributed by atoms with E-state index in [0.29, 0.717) is 17.1 Å². The lowest BCUT2D eigenvalue weighted by atomic mass is 9.89. The van der Waals surface area contributed by atoms with Gasteiger partial charge in [0.2, 0.25) is 0 Å². The van der Waals surface area contributed by atoms with Crippen LogP contribution in [0.5, 0.6) is 11.5 Å². The average Bonchev–Trinajstić information content (AvgIpc) is 2.55. The van der Waals surface area contributed by atoms with Crippen molar-refractivity contribution < 1.29 is 19.4 Å². The molecule has 0 saturated carbocycles. The molecule has 1 N–H and O–H groups in total. The van der Waals surface area contributed by atoms with Gasteiger partial charge in [0, 0.05) is 5.56 Å². The van der Waals surface area contributed by atoms with Gasteiger partial charge in [-0.1, -0.05) is 32.3 Å². The Morgan fingerprint density at radius 3 is 2.54 bits per heavy atom. The van der Waals surface area contributed by atoms with Crippen LogP contribution >= 0.6 is 0 Å². The Hall–Kier alpha value is -1.97. The fourth-order valence-corrected chi connectivity index (χ4v) is 3.29. The molecule has 0 spiro atoms. The van der Waals surface area contributed by atoms with Gasteiger partial charge < -0.3 is 14.6 Å². The van der Waals surface area contributed by atoms with Crippen molar-refractivity contribution in [2.45, 2.75) is 65.4 Å². The summed E-state index contributed by atoms with van der Waals surface area (Å²) in [5.41, 5.74) is 2.16. The molecule has 24 heavy (non-hydrogen) atoms. The molecule has 0 bridgehead atoms. The molecular weight excluding hydrogens is 304 g/mol. The highest BCUT2D eigenvalue weighted by molar-refractivity contribution is 5.98. The number of ether oxygens (including phenoxy) is 2. The Morgan fingerprint density at radius 1 is 1.25 bits per heavy atom. The van der Waals surface area contributed by atoms with Crippen molar-refractivity contribution in [1.29, 1.82) is 0 Å². The Morgan fingerprint density at radius 2 is 1.96 bits per heavy atom. The summed E-state index contributed by atoms with van der Waals surface area (Å²) in [5.74, 6) is 0.0933. The van der Waals surface area contributed by atoms with E-state index < -0.39 is 5.97 Å². The first-order valence-electron chi connectivity index (χ1n) is 8.67. The van der Waals surface area contributed by atoms with Crippen molar-refractivity contribution in [3.63, 3.8) is 0 Å². The normalized spacial score (nSPS) is 18.9. The van der Waals surface area contributed by atoms with Gasteiger partial charge in [0.15, 0.2) is 0 Å². The number of unbranched alkanes of at least 4 members (excludes halogenated alkanes) is 3. The van der Waals surface area contributed by atoms with Crippen molar-refractivity contribution in [1.82, 2.24) is 0 Å². The van der Waals surface area contributed by atoms with Crippen LogP contribution in [0.1, 0.15) is 73.0 Å². The fourth-order valence-electron chi connectivity index (χ4n) is 3.29. The van der Waals surface area contributed by atoms with Crippen LogP contribution in [0.25, 0.3) is 6.08 Å². The van der Waals surface area contributed by atoms with E-state index in [-0.39, 0.29) is 11.2 Å². The second kappa shape index (κ2) is 7.29. The second-order valence-corrected chi connectivity index (χ2v) is 6.76. The molecule has 0 aromatic heterocycles. The van der Waals surface area contributed by atoms with E-state index in [9.17, 15) is 9.90 Å². The van der Waals surface area contributed by atoms with Gasteiger partial charge in [-0.2, -0.15) is 0 Å². The smallest absolute Gasteiger partial charge is 0.340 e. The molecular formula is C20H28O4. The number of methoxy groups -OCH3 is 1. The number of rotatable bonds is 7. The molecule has 1 aromatic rings. The summed E-state index contributed by atoms with van der Waals surface area (Å²) in [6.07, 6.45) is 9.53.